The van der Waals surface area contributed by atoms with Gasteiger partial charge in [0.05, 0.1) is 6.10 Å². The van der Waals surface area contributed by atoms with E-state index in [4.69, 9.17) is 5.11 Å². The second-order valence-electron chi connectivity index (χ2n) is 11.6. The van der Waals surface area contributed by atoms with Crippen molar-refractivity contribution in [3.05, 3.63) is 88.5 Å². The van der Waals surface area contributed by atoms with Gasteiger partial charge in [0.2, 0.25) is 0 Å². The molecule has 4 rings (SSSR count). The summed E-state index contributed by atoms with van der Waals surface area (Å²) in [5.41, 5.74) is 7.25. The van der Waals surface area contributed by atoms with E-state index in [-0.39, 0.29) is 22.1 Å². The highest BCUT2D eigenvalue weighted by atomic mass is 16.4. The van der Waals surface area contributed by atoms with Gasteiger partial charge in [0.15, 0.2) is 0 Å². The molecule has 0 aromatic heterocycles. The third kappa shape index (κ3) is 5.28. The number of aliphatic hydroxyl groups excluding tert-OH is 1. The predicted octanol–water partition coefficient (Wildman–Crippen LogP) is 6.92. The Labute approximate surface area is 219 Å². The predicted molar refractivity (Wildman–Crippen MR) is 151 cm³/mol. The smallest absolute Gasteiger partial charge is 0.339 e. The summed E-state index contributed by atoms with van der Waals surface area (Å²) in [7, 11) is 4.06. The molecule has 37 heavy (non-hydrogen) atoms. The van der Waals surface area contributed by atoms with E-state index >= 15 is 0 Å². The van der Waals surface area contributed by atoms with Crippen molar-refractivity contribution in [2.24, 2.45) is 0 Å². The van der Waals surface area contributed by atoms with E-state index in [1.54, 1.807) is 18.2 Å². The minimum Gasteiger partial charge on any atom is -0.507 e. The topological polar surface area (TPSA) is 81.0 Å². The standard InChI is InChI=1S/C32H37NO4/c1-31(2)15-16-32(3,4)29-25(21-9-11-23(12-10-21)33(5)6)18-22(19-26(29)31)27(34)14-8-20-7-13-24(30(36)37)28(35)17-20/h7-14,17-19,27,34-35H,15-16H2,1-6H3,(H,36,37). The molecule has 0 aliphatic heterocycles. The quantitative estimate of drug-likeness (QED) is 0.343. The average molecular weight is 500 g/mol. The molecule has 1 unspecified atom stereocenters. The maximum Gasteiger partial charge on any atom is 0.339 e. The Morgan fingerprint density at radius 3 is 2.19 bits per heavy atom. The van der Waals surface area contributed by atoms with Crippen LogP contribution in [0.3, 0.4) is 0 Å². The molecule has 0 saturated heterocycles. The number of aliphatic hydroxyl groups is 1. The Morgan fingerprint density at radius 1 is 0.946 bits per heavy atom. The minimum absolute atomic E-state index is 0.00312. The number of hydrogen-bond acceptors (Lipinski definition) is 4. The van der Waals surface area contributed by atoms with Crippen LogP contribution < -0.4 is 4.90 Å². The molecule has 0 radical (unpaired) electrons. The van der Waals surface area contributed by atoms with Gasteiger partial charge in [-0.15, -0.1) is 0 Å². The number of carboxylic acid groups (broad SMARTS) is 1. The van der Waals surface area contributed by atoms with Crippen molar-refractivity contribution in [2.45, 2.75) is 57.5 Å². The van der Waals surface area contributed by atoms with Crippen molar-refractivity contribution in [2.75, 3.05) is 19.0 Å². The first-order valence-electron chi connectivity index (χ1n) is 12.7. The monoisotopic (exact) mass is 499 g/mol. The molecule has 1 aliphatic rings. The van der Waals surface area contributed by atoms with Gasteiger partial charge >= 0.3 is 5.97 Å². The van der Waals surface area contributed by atoms with Crippen LogP contribution in [-0.4, -0.2) is 35.4 Å². The lowest BCUT2D eigenvalue weighted by molar-refractivity contribution is 0.0693. The SMILES string of the molecule is CN(C)c1ccc(-c2cc(C(O)C=Cc3ccc(C(=O)O)c(O)c3)cc3c2C(C)(C)CCC3(C)C)cc1. The summed E-state index contributed by atoms with van der Waals surface area (Å²) in [6.45, 7) is 9.17. The van der Waals surface area contributed by atoms with Crippen LogP contribution in [0.5, 0.6) is 5.75 Å². The van der Waals surface area contributed by atoms with Crippen molar-refractivity contribution in [3.63, 3.8) is 0 Å². The van der Waals surface area contributed by atoms with Crippen LogP contribution in [0.25, 0.3) is 17.2 Å². The first-order chi connectivity index (χ1) is 17.3. The fourth-order valence-corrected chi connectivity index (χ4v) is 5.30. The number of nitrogens with zero attached hydrogens (tertiary/aromatic N) is 1. The highest BCUT2D eigenvalue weighted by Gasteiger charge is 2.39. The van der Waals surface area contributed by atoms with E-state index in [0.29, 0.717) is 5.56 Å². The summed E-state index contributed by atoms with van der Waals surface area (Å²) in [6, 6.07) is 17.2. The molecular weight excluding hydrogens is 462 g/mol. The molecule has 0 spiro atoms. The Balaban J connectivity index is 1.80. The van der Waals surface area contributed by atoms with Crippen molar-refractivity contribution in [3.8, 4) is 16.9 Å². The van der Waals surface area contributed by atoms with Crippen LogP contribution in [0.1, 0.15) is 79.3 Å². The van der Waals surface area contributed by atoms with Gasteiger partial charge in [-0.1, -0.05) is 64.1 Å². The third-order valence-electron chi connectivity index (χ3n) is 7.70. The molecule has 5 nitrogen and oxygen atoms in total. The van der Waals surface area contributed by atoms with Gasteiger partial charge in [-0.25, -0.2) is 4.79 Å². The molecule has 3 aromatic carbocycles. The second kappa shape index (κ2) is 9.71. The van der Waals surface area contributed by atoms with Gasteiger partial charge in [0.25, 0.3) is 0 Å². The Kier molecular flexibility index (Phi) is 6.95. The largest absolute Gasteiger partial charge is 0.507 e. The van der Waals surface area contributed by atoms with Crippen LogP contribution in [0.2, 0.25) is 0 Å². The van der Waals surface area contributed by atoms with E-state index in [2.05, 4.69) is 69.0 Å². The summed E-state index contributed by atoms with van der Waals surface area (Å²) < 4.78 is 0. The van der Waals surface area contributed by atoms with E-state index in [0.717, 1.165) is 35.2 Å². The summed E-state index contributed by atoms with van der Waals surface area (Å²) in [5.74, 6) is -1.48. The van der Waals surface area contributed by atoms with E-state index in [9.17, 15) is 15.0 Å². The maximum atomic E-state index is 11.2. The van der Waals surface area contributed by atoms with Gasteiger partial charge < -0.3 is 20.2 Å². The zero-order valence-corrected chi connectivity index (χ0v) is 22.5. The fraction of sp³-hybridized carbons (Fsp3) is 0.344. The van der Waals surface area contributed by atoms with Gasteiger partial charge in [-0.05, 0) is 87.4 Å². The van der Waals surface area contributed by atoms with Gasteiger partial charge in [0, 0.05) is 19.8 Å². The van der Waals surface area contributed by atoms with Crippen molar-refractivity contribution >= 4 is 17.7 Å². The molecule has 0 fully saturated rings. The number of anilines is 1. The van der Waals surface area contributed by atoms with Gasteiger partial charge in [-0.2, -0.15) is 0 Å². The normalized spacial score (nSPS) is 16.8. The number of hydrogen-bond donors (Lipinski definition) is 3. The zero-order valence-electron chi connectivity index (χ0n) is 22.5. The molecule has 5 heteroatoms. The van der Waals surface area contributed by atoms with Crippen LogP contribution in [0.4, 0.5) is 5.69 Å². The number of benzene rings is 3. The zero-order chi connectivity index (χ0) is 27.1. The van der Waals surface area contributed by atoms with Crippen molar-refractivity contribution in [1.29, 1.82) is 0 Å². The first-order valence-corrected chi connectivity index (χ1v) is 12.7. The number of carboxylic acids is 1. The summed E-state index contributed by atoms with van der Waals surface area (Å²) in [6.07, 6.45) is 4.67. The van der Waals surface area contributed by atoms with E-state index in [1.165, 1.54) is 23.3 Å². The fourth-order valence-electron chi connectivity index (χ4n) is 5.30. The Hall–Kier alpha value is -3.57. The lowest BCUT2D eigenvalue weighted by Crippen LogP contribution is -2.34. The molecule has 3 N–H and O–H groups in total. The number of aromatic hydroxyl groups is 1. The number of rotatable bonds is 6. The lowest BCUT2D eigenvalue weighted by Gasteiger charge is -2.43. The Morgan fingerprint density at radius 2 is 1.59 bits per heavy atom. The maximum absolute atomic E-state index is 11.2. The third-order valence-corrected chi connectivity index (χ3v) is 7.70. The summed E-state index contributed by atoms with van der Waals surface area (Å²) in [4.78, 5) is 13.3. The average Bonchev–Trinajstić information content (AvgIpc) is 2.84. The van der Waals surface area contributed by atoms with Gasteiger partial charge in [-0.3, -0.25) is 0 Å². The number of carbonyl (C=O) groups is 1. The molecule has 0 bridgehead atoms. The number of phenols is 1. The number of fused-ring (bicyclic) bond motifs is 1. The number of aromatic carboxylic acids is 1. The summed E-state index contributed by atoms with van der Waals surface area (Å²) in [5, 5.41) is 30.4. The molecule has 1 aliphatic carbocycles. The molecule has 0 saturated carbocycles. The highest BCUT2D eigenvalue weighted by Crippen LogP contribution is 2.50. The minimum atomic E-state index is -1.18. The van der Waals surface area contributed by atoms with Crippen molar-refractivity contribution in [1.82, 2.24) is 0 Å². The van der Waals surface area contributed by atoms with E-state index < -0.39 is 12.1 Å². The highest BCUT2D eigenvalue weighted by molar-refractivity contribution is 5.91. The van der Waals surface area contributed by atoms with Crippen LogP contribution in [0.15, 0.2) is 60.7 Å². The second-order valence-corrected chi connectivity index (χ2v) is 11.6. The van der Waals surface area contributed by atoms with Crippen molar-refractivity contribution < 1.29 is 20.1 Å². The summed E-state index contributed by atoms with van der Waals surface area (Å²) >= 11 is 0. The molecule has 0 heterocycles. The van der Waals surface area contributed by atoms with Crippen LogP contribution in [-0.2, 0) is 10.8 Å². The molecular formula is C32H37NO4. The van der Waals surface area contributed by atoms with Gasteiger partial charge in [0.1, 0.15) is 11.3 Å². The van der Waals surface area contributed by atoms with Crippen LogP contribution >= 0.6 is 0 Å². The Bertz CT molecular complexity index is 1350. The molecule has 1 atom stereocenters. The molecule has 0 amide bonds. The molecule has 194 valence electrons. The molecule has 3 aromatic rings. The van der Waals surface area contributed by atoms with E-state index in [1.807, 2.05) is 14.1 Å². The first kappa shape index (κ1) is 26.5. The lowest BCUT2D eigenvalue weighted by atomic mass is 9.61. The van der Waals surface area contributed by atoms with Crippen LogP contribution in [0, 0.1) is 0 Å².